The van der Waals surface area contributed by atoms with Crippen molar-refractivity contribution in [2.24, 2.45) is 0 Å². The molecule has 1 unspecified atom stereocenters. The SMILES string of the molecule is COc1cc(CN(C)C)cc(C(C)O)c1. The second-order valence-corrected chi connectivity index (χ2v) is 4.03. The van der Waals surface area contributed by atoms with Crippen molar-refractivity contribution in [3.8, 4) is 5.75 Å². The fraction of sp³-hybridized carbons (Fsp3) is 0.500. The molecule has 0 heterocycles. The van der Waals surface area contributed by atoms with Gasteiger partial charge in [0, 0.05) is 6.54 Å². The zero-order chi connectivity index (χ0) is 11.4. The van der Waals surface area contributed by atoms with E-state index in [1.807, 2.05) is 32.3 Å². The van der Waals surface area contributed by atoms with Crippen LogP contribution >= 0.6 is 0 Å². The Morgan fingerprint density at radius 1 is 1.33 bits per heavy atom. The lowest BCUT2D eigenvalue weighted by atomic mass is 10.1. The molecule has 1 atom stereocenters. The van der Waals surface area contributed by atoms with Crippen LogP contribution in [0.1, 0.15) is 24.2 Å². The van der Waals surface area contributed by atoms with Crippen molar-refractivity contribution >= 4 is 0 Å². The number of ether oxygens (including phenoxy) is 1. The first kappa shape index (κ1) is 12.0. The minimum absolute atomic E-state index is 0.457. The highest BCUT2D eigenvalue weighted by Crippen LogP contribution is 2.22. The van der Waals surface area contributed by atoms with Gasteiger partial charge in [-0.2, -0.15) is 0 Å². The number of methoxy groups -OCH3 is 1. The normalized spacial score (nSPS) is 12.9. The molecule has 0 aliphatic heterocycles. The Balaban J connectivity index is 3.00. The highest BCUT2D eigenvalue weighted by molar-refractivity contribution is 5.35. The topological polar surface area (TPSA) is 32.7 Å². The molecule has 0 amide bonds. The molecule has 0 saturated carbocycles. The van der Waals surface area contributed by atoms with Gasteiger partial charge in [-0.1, -0.05) is 6.07 Å². The van der Waals surface area contributed by atoms with Gasteiger partial charge in [-0.25, -0.2) is 0 Å². The molecule has 0 radical (unpaired) electrons. The number of aliphatic hydroxyl groups is 1. The van der Waals surface area contributed by atoms with Crippen LogP contribution in [0.2, 0.25) is 0 Å². The summed E-state index contributed by atoms with van der Waals surface area (Å²) >= 11 is 0. The summed E-state index contributed by atoms with van der Waals surface area (Å²) in [6.45, 7) is 2.60. The van der Waals surface area contributed by atoms with Crippen LogP contribution < -0.4 is 4.74 Å². The van der Waals surface area contributed by atoms with Crippen LogP contribution in [-0.2, 0) is 6.54 Å². The van der Waals surface area contributed by atoms with E-state index in [0.717, 1.165) is 23.4 Å². The summed E-state index contributed by atoms with van der Waals surface area (Å²) in [5.41, 5.74) is 2.04. The largest absolute Gasteiger partial charge is 0.497 e. The maximum atomic E-state index is 9.53. The zero-order valence-corrected chi connectivity index (χ0v) is 9.82. The standard InChI is InChI=1S/C12H19NO2/c1-9(14)11-5-10(8-13(2)3)6-12(7-11)15-4/h5-7,9,14H,8H2,1-4H3. The molecule has 15 heavy (non-hydrogen) atoms. The fourth-order valence-electron chi connectivity index (χ4n) is 1.50. The number of rotatable bonds is 4. The predicted octanol–water partition coefficient (Wildman–Crippen LogP) is 1.81. The van der Waals surface area contributed by atoms with Gasteiger partial charge in [0.2, 0.25) is 0 Å². The minimum Gasteiger partial charge on any atom is -0.497 e. The summed E-state index contributed by atoms with van der Waals surface area (Å²) in [5, 5.41) is 9.53. The third-order valence-electron chi connectivity index (χ3n) is 2.21. The molecule has 1 rings (SSSR count). The smallest absolute Gasteiger partial charge is 0.119 e. The Morgan fingerprint density at radius 3 is 2.47 bits per heavy atom. The number of benzene rings is 1. The molecule has 0 aliphatic rings. The number of nitrogens with zero attached hydrogens (tertiary/aromatic N) is 1. The molecule has 0 spiro atoms. The van der Waals surface area contributed by atoms with Gasteiger partial charge in [0.05, 0.1) is 13.2 Å². The highest BCUT2D eigenvalue weighted by atomic mass is 16.5. The first-order valence-electron chi connectivity index (χ1n) is 5.03. The van der Waals surface area contributed by atoms with E-state index in [1.165, 1.54) is 0 Å². The molecule has 1 N–H and O–H groups in total. The lowest BCUT2D eigenvalue weighted by molar-refractivity contribution is 0.198. The van der Waals surface area contributed by atoms with Crippen LogP contribution in [0.15, 0.2) is 18.2 Å². The molecule has 3 heteroatoms. The third-order valence-corrected chi connectivity index (χ3v) is 2.21. The molecule has 0 aliphatic carbocycles. The second kappa shape index (κ2) is 5.14. The quantitative estimate of drug-likeness (QED) is 0.821. The van der Waals surface area contributed by atoms with E-state index in [1.54, 1.807) is 14.0 Å². The fourth-order valence-corrected chi connectivity index (χ4v) is 1.50. The Hall–Kier alpha value is -1.06. The van der Waals surface area contributed by atoms with E-state index in [4.69, 9.17) is 4.74 Å². The molecule has 0 fully saturated rings. The molecule has 0 bridgehead atoms. The summed E-state index contributed by atoms with van der Waals surface area (Å²) < 4.78 is 5.20. The van der Waals surface area contributed by atoms with Crippen molar-refractivity contribution in [2.75, 3.05) is 21.2 Å². The summed E-state index contributed by atoms with van der Waals surface area (Å²) in [7, 11) is 5.67. The summed E-state index contributed by atoms with van der Waals surface area (Å²) in [5.74, 6) is 0.797. The highest BCUT2D eigenvalue weighted by Gasteiger charge is 2.06. The van der Waals surface area contributed by atoms with Crippen LogP contribution in [0.4, 0.5) is 0 Å². The summed E-state index contributed by atoms with van der Waals surface area (Å²) in [4.78, 5) is 2.08. The van der Waals surface area contributed by atoms with Crippen LogP contribution in [0.25, 0.3) is 0 Å². The third kappa shape index (κ3) is 3.53. The van der Waals surface area contributed by atoms with Crippen molar-refractivity contribution in [2.45, 2.75) is 19.6 Å². The zero-order valence-electron chi connectivity index (χ0n) is 9.82. The van der Waals surface area contributed by atoms with Crippen molar-refractivity contribution in [1.82, 2.24) is 4.90 Å². The van der Waals surface area contributed by atoms with Crippen molar-refractivity contribution in [3.63, 3.8) is 0 Å². The van der Waals surface area contributed by atoms with Gasteiger partial charge in [-0.05, 0) is 44.3 Å². The Kier molecular flexibility index (Phi) is 4.12. The number of hydrogen-bond acceptors (Lipinski definition) is 3. The average molecular weight is 209 g/mol. The van der Waals surface area contributed by atoms with Gasteiger partial charge >= 0.3 is 0 Å². The van der Waals surface area contributed by atoms with Gasteiger partial charge in [-0.15, -0.1) is 0 Å². The molecule has 1 aromatic rings. The first-order valence-corrected chi connectivity index (χ1v) is 5.03. The number of aliphatic hydroxyl groups excluding tert-OH is 1. The van der Waals surface area contributed by atoms with E-state index in [9.17, 15) is 5.11 Å². The number of hydrogen-bond donors (Lipinski definition) is 1. The van der Waals surface area contributed by atoms with Gasteiger partial charge in [0.1, 0.15) is 5.75 Å². The molecule has 3 nitrogen and oxygen atoms in total. The van der Waals surface area contributed by atoms with E-state index in [0.29, 0.717) is 0 Å². The van der Waals surface area contributed by atoms with E-state index in [2.05, 4.69) is 4.90 Å². The molecule has 0 aromatic heterocycles. The van der Waals surface area contributed by atoms with Crippen LogP contribution in [0, 0.1) is 0 Å². The van der Waals surface area contributed by atoms with Gasteiger partial charge < -0.3 is 14.7 Å². The Morgan fingerprint density at radius 2 is 2.00 bits per heavy atom. The first-order chi connectivity index (χ1) is 7.02. The molecular weight excluding hydrogens is 190 g/mol. The van der Waals surface area contributed by atoms with Gasteiger partial charge in [0.25, 0.3) is 0 Å². The van der Waals surface area contributed by atoms with E-state index >= 15 is 0 Å². The van der Waals surface area contributed by atoms with Crippen molar-refractivity contribution in [1.29, 1.82) is 0 Å². The Bertz CT molecular complexity index is 321. The van der Waals surface area contributed by atoms with E-state index in [-0.39, 0.29) is 0 Å². The summed E-state index contributed by atoms with van der Waals surface area (Å²) in [6, 6.07) is 5.86. The maximum Gasteiger partial charge on any atom is 0.119 e. The molecule has 84 valence electrons. The lowest BCUT2D eigenvalue weighted by Gasteiger charge is -2.14. The van der Waals surface area contributed by atoms with Crippen molar-refractivity contribution < 1.29 is 9.84 Å². The van der Waals surface area contributed by atoms with Crippen LogP contribution in [0.3, 0.4) is 0 Å². The van der Waals surface area contributed by atoms with Gasteiger partial charge in [-0.3, -0.25) is 0 Å². The second-order valence-electron chi connectivity index (χ2n) is 4.03. The maximum absolute atomic E-state index is 9.53. The Labute approximate surface area is 91.3 Å². The lowest BCUT2D eigenvalue weighted by Crippen LogP contribution is -2.11. The molecule has 1 aromatic carbocycles. The van der Waals surface area contributed by atoms with Crippen LogP contribution in [-0.4, -0.2) is 31.2 Å². The minimum atomic E-state index is -0.457. The van der Waals surface area contributed by atoms with Crippen molar-refractivity contribution in [3.05, 3.63) is 29.3 Å². The molecule has 0 saturated heterocycles. The predicted molar refractivity (Wildman–Crippen MR) is 61.0 cm³/mol. The molecular formula is C12H19NO2. The monoisotopic (exact) mass is 209 g/mol. The average Bonchev–Trinajstić information content (AvgIpc) is 2.16. The van der Waals surface area contributed by atoms with Crippen LogP contribution in [0.5, 0.6) is 5.75 Å². The van der Waals surface area contributed by atoms with Gasteiger partial charge in [0.15, 0.2) is 0 Å². The van der Waals surface area contributed by atoms with E-state index < -0.39 is 6.10 Å². The summed E-state index contributed by atoms with van der Waals surface area (Å²) in [6.07, 6.45) is -0.457.